The van der Waals surface area contributed by atoms with Crippen molar-refractivity contribution in [3.63, 3.8) is 0 Å². The summed E-state index contributed by atoms with van der Waals surface area (Å²) in [6.07, 6.45) is 0. The summed E-state index contributed by atoms with van der Waals surface area (Å²) in [5.74, 6) is -0.281. The molecule has 0 saturated carbocycles. The molecule has 2 aromatic rings. The van der Waals surface area contributed by atoms with E-state index in [1.165, 1.54) is 17.8 Å². The number of aromatic carboxylic acids is 1. The maximum Gasteiger partial charge on any atom is 0.354 e. The Morgan fingerprint density at radius 3 is 2.61 bits per heavy atom. The first kappa shape index (κ1) is 12.9. The summed E-state index contributed by atoms with van der Waals surface area (Å²) >= 11 is 7.29. The molecule has 0 radical (unpaired) electrons. The van der Waals surface area contributed by atoms with Gasteiger partial charge in [-0.2, -0.15) is 0 Å². The minimum Gasteiger partial charge on any atom is -0.477 e. The first-order valence-electron chi connectivity index (χ1n) is 5.23. The molecular formula is C13H10ClNO2S. The Hall–Kier alpha value is -1.52. The molecule has 0 aliphatic heterocycles. The first-order chi connectivity index (χ1) is 8.65. The molecule has 1 heterocycles. The minimum atomic E-state index is -1.01. The van der Waals surface area contributed by atoms with Crippen molar-refractivity contribution in [1.29, 1.82) is 0 Å². The second-order valence-corrected chi connectivity index (χ2v) is 5.01. The predicted octanol–water partition coefficient (Wildman–Crippen LogP) is 3.73. The zero-order valence-electron chi connectivity index (χ0n) is 9.34. The molecule has 0 bridgehead atoms. The Morgan fingerprint density at radius 2 is 1.94 bits per heavy atom. The van der Waals surface area contributed by atoms with Gasteiger partial charge in [0.15, 0.2) is 0 Å². The lowest BCUT2D eigenvalue weighted by Gasteiger charge is -2.02. The van der Waals surface area contributed by atoms with Gasteiger partial charge in [-0.25, -0.2) is 9.78 Å². The molecule has 0 aliphatic rings. The number of rotatable bonds is 4. The molecule has 5 heteroatoms. The number of carbonyl (C=O) groups is 1. The third kappa shape index (κ3) is 3.48. The highest BCUT2D eigenvalue weighted by Crippen LogP contribution is 2.22. The fourth-order valence-corrected chi connectivity index (χ4v) is 2.32. The number of nitrogens with zero attached hydrogens (tertiary/aromatic N) is 1. The summed E-state index contributed by atoms with van der Waals surface area (Å²) < 4.78 is 0. The molecule has 18 heavy (non-hydrogen) atoms. The summed E-state index contributed by atoms with van der Waals surface area (Å²) in [6, 6.07) is 12.5. The Balaban J connectivity index is 2.04. The minimum absolute atomic E-state index is 0.0658. The van der Waals surface area contributed by atoms with Crippen molar-refractivity contribution in [2.24, 2.45) is 0 Å². The number of benzene rings is 1. The molecule has 3 nitrogen and oxygen atoms in total. The van der Waals surface area contributed by atoms with Crippen LogP contribution in [-0.2, 0) is 5.75 Å². The van der Waals surface area contributed by atoms with Crippen LogP contribution in [0.15, 0.2) is 47.5 Å². The second kappa shape index (κ2) is 5.89. The van der Waals surface area contributed by atoms with Crippen molar-refractivity contribution in [2.45, 2.75) is 10.8 Å². The molecule has 0 atom stereocenters. The number of hydrogen-bond donors (Lipinski definition) is 1. The molecule has 1 aromatic carbocycles. The first-order valence-corrected chi connectivity index (χ1v) is 6.59. The largest absolute Gasteiger partial charge is 0.477 e. The van der Waals surface area contributed by atoms with Crippen molar-refractivity contribution >= 4 is 29.3 Å². The van der Waals surface area contributed by atoms with E-state index in [1.807, 2.05) is 24.3 Å². The standard InChI is InChI=1S/C13H10ClNO2S/c14-10-6-4-9(5-7-10)8-18-12-3-1-2-11(15-12)13(16)17/h1-7H,8H2,(H,16,17). The van der Waals surface area contributed by atoms with Gasteiger partial charge in [-0.1, -0.05) is 29.8 Å². The Kier molecular flexibility index (Phi) is 4.23. The summed E-state index contributed by atoms with van der Waals surface area (Å²) in [6.45, 7) is 0. The lowest BCUT2D eigenvalue weighted by atomic mass is 10.2. The van der Waals surface area contributed by atoms with Gasteiger partial charge < -0.3 is 5.11 Å². The van der Waals surface area contributed by atoms with Gasteiger partial charge in [0.05, 0.1) is 5.03 Å². The van der Waals surface area contributed by atoms with Gasteiger partial charge in [0.1, 0.15) is 5.69 Å². The molecule has 1 N–H and O–H groups in total. The smallest absolute Gasteiger partial charge is 0.354 e. The van der Waals surface area contributed by atoms with Gasteiger partial charge in [-0.15, -0.1) is 11.8 Å². The highest BCUT2D eigenvalue weighted by Gasteiger charge is 2.05. The van der Waals surface area contributed by atoms with Gasteiger partial charge >= 0.3 is 5.97 Å². The molecule has 92 valence electrons. The summed E-state index contributed by atoms with van der Waals surface area (Å²) in [5.41, 5.74) is 1.18. The number of hydrogen-bond acceptors (Lipinski definition) is 3. The SMILES string of the molecule is O=C(O)c1cccc(SCc2ccc(Cl)cc2)n1. The van der Waals surface area contributed by atoms with Crippen molar-refractivity contribution in [3.8, 4) is 0 Å². The number of pyridine rings is 1. The number of carboxylic acid groups (broad SMARTS) is 1. The molecule has 0 saturated heterocycles. The molecule has 0 spiro atoms. The van der Waals surface area contributed by atoms with Gasteiger partial charge in [0, 0.05) is 10.8 Å². The highest BCUT2D eigenvalue weighted by atomic mass is 35.5. The van der Waals surface area contributed by atoms with E-state index in [9.17, 15) is 4.79 Å². The molecule has 0 amide bonds. The van der Waals surface area contributed by atoms with Crippen molar-refractivity contribution < 1.29 is 9.90 Å². The average molecular weight is 280 g/mol. The quantitative estimate of drug-likeness (QED) is 0.867. The van der Waals surface area contributed by atoms with Crippen LogP contribution < -0.4 is 0 Å². The monoisotopic (exact) mass is 279 g/mol. The van der Waals surface area contributed by atoms with E-state index in [0.29, 0.717) is 10.0 Å². The lowest BCUT2D eigenvalue weighted by molar-refractivity contribution is 0.0689. The topological polar surface area (TPSA) is 50.2 Å². The van der Waals surface area contributed by atoms with E-state index < -0.39 is 5.97 Å². The molecule has 0 aliphatic carbocycles. The van der Waals surface area contributed by atoms with Crippen LogP contribution in [0.25, 0.3) is 0 Å². The van der Waals surface area contributed by atoms with Gasteiger partial charge in [0.2, 0.25) is 0 Å². The Bertz CT molecular complexity index is 557. The number of aromatic nitrogens is 1. The van der Waals surface area contributed by atoms with Crippen LogP contribution in [0.2, 0.25) is 5.02 Å². The predicted molar refractivity (Wildman–Crippen MR) is 72.2 cm³/mol. The fourth-order valence-electron chi connectivity index (χ4n) is 1.35. The van der Waals surface area contributed by atoms with Gasteiger partial charge in [0.25, 0.3) is 0 Å². The third-order valence-corrected chi connectivity index (χ3v) is 3.50. The number of thioether (sulfide) groups is 1. The molecule has 1 aromatic heterocycles. The van der Waals surface area contributed by atoms with Crippen LogP contribution in [0.3, 0.4) is 0 Å². The maximum absolute atomic E-state index is 10.8. The Morgan fingerprint density at radius 1 is 1.22 bits per heavy atom. The fraction of sp³-hybridized carbons (Fsp3) is 0.0769. The maximum atomic E-state index is 10.8. The third-order valence-electron chi connectivity index (χ3n) is 2.24. The van der Waals surface area contributed by atoms with E-state index >= 15 is 0 Å². The van der Waals surface area contributed by atoms with Crippen LogP contribution in [-0.4, -0.2) is 16.1 Å². The summed E-state index contributed by atoms with van der Waals surface area (Å²) in [7, 11) is 0. The molecular weight excluding hydrogens is 270 g/mol. The second-order valence-electron chi connectivity index (χ2n) is 3.58. The Labute approximate surface area is 114 Å². The van der Waals surface area contributed by atoms with Crippen LogP contribution >= 0.6 is 23.4 Å². The van der Waals surface area contributed by atoms with E-state index in [1.54, 1.807) is 12.1 Å². The zero-order valence-corrected chi connectivity index (χ0v) is 10.9. The van der Waals surface area contributed by atoms with Crippen molar-refractivity contribution in [3.05, 3.63) is 58.7 Å². The average Bonchev–Trinajstić information content (AvgIpc) is 2.38. The van der Waals surface area contributed by atoms with E-state index in [0.717, 1.165) is 11.3 Å². The lowest BCUT2D eigenvalue weighted by Crippen LogP contribution is -2.00. The van der Waals surface area contributed by atoms with E-state index in [-0.39, 0.29) is 5.69 Å². The van der Waals surface area contributed by atoms with Gasteiger partial charge in [-0.3, -0.25) is 0 Å². The zero-order chi connectivity index (χ0) is 13.0. The van der Waals surface area contributed by atoms with Crippen LogP contribution in [0.4, 0.5) is 0 Å². The summed E-state index contributed by atoms with van der Waals surface area (Å²) in [4.78, 5) is 14.8. The van der Waals surface area contributed by atoms with Crippen LogP contribution in [0.5, 0.6) is 0 Å². The van der Waals surface area contributed by atoms with Crippen molar-refractivity contribution in [2.75, 3.05) is 0 Å². The van der Waals surface area contributed by atoms with E-state index in [2.05, 4.69) is 4.98 Å². The summed E-state index contributed by atoms with van der Waals surface area (Å²) in [5, 5.41) is 10.2. The van der Waals surface area contributed by atoms with E-state index in [4.69, 9.17) is 16.7 Å². The number of halogens is 1. The van der Waals surface area contributed by atoms with Crippen molar-refractivity contribution in [1.82, 2.24) is 4.98 Å². The van der Waals surface area contributed by atoms with Crippen LogP contribution in [0, 0.1) is 0 Å². The molecule has 0 unspecified atom stereocenters. The highest BCUT2D eigenvalue weighted by molar-refractivity contribution is 7.98. The molecule has 0 fully saturated rings. The number of carboxylic acids is 1. The van der Waals surface area contributed by atoms with Crippen LogP contribution in [0.1, 0.15) is 16.1 Å². The molecule has 2 rings (SSSR count). The van der Waals surface area contributed by atoms with Gasteiger partial charge in [-0.05, 0) is 29.8 Å². The normalized spacial score (nSPS) is 10.3.